The zero-order valence-corrected chi connectivity index (χ0v) is 10.6. The van der Waals surface area contributed by atoms with E-state index in [9.17, 15) is 9.90 Å². The Labute approximate surface area is 114 Å². The molecule has 2 aromatic heterocycles. The maximum Gasteiger partial charge on any atom is 0.267 e. The molecule has 0 amide bonds. The van der Waals surface area contributed by atoms with Crippen molar-refractivity contribution in [2.45, 2.75) is 6.61 Å². The van der Waals surface area contributed by atoms with Crippen LogP contribution < -0.4 is 10.3 Å². The number of benzene rings is 1. The third-order valence-electron chi connectivity index (χ3n) is 2.91. The summed E-state index contributed by atoms with van der Waals surface area (Å²) in [4.78, 5) is 16.5. The predicted octanol–water partition coefficient (Wildman–Crippen LogP) is 1.98. The Hall–Kier alpha value is -2.66. The fourth-order valence-electron chi connectivity index (χ4n) is 1.93. The van der Waals surface area contributed by atoms with Crippen molar-refractivity contribution in [3.8, 4) is 11.6 Å². The van der Waals surface area contributed by atoms with Gasteiger partial charge in [-0.3, -0.25) is 9.20 Å². The molecule has 0 bridgehead atoms. The molecule has 1 aromatic carbocycles. The Kier molecular flexibility index (Phi) is 3.18. The van der Waals surface area contributed by atoms with E-state index in [1.165, 1.54) is 4.40 Å². The number of aromatic nitrogens is 2. The summed E-state index contributed by atoms with van der Waals surface area (Å²) >= 11 is 0. The first-order valence-corrected chi connectivity index (χ1v) is 6.13. The van der Waals surface area contributed by atoms with Gasteiger partial charge in [0.25, 0.3) is 5.56 Å². The summed E-state index contributed by atoms with van der Waals surface area (Å²) in [5, 5.41) is 9.40. The molecule has 1 N–H and O–H groups in total. The molecule has 2 heterocycles. The van der Waals surface area contributed by atoms with Crippen LogP contribution >= 0.6 is 0 Å². The van der Waals surface area contributed by atoms with E-state index in [2.05, 4.69) is 4.98 Å². The highest BCUT2D eigenvalue weighted by Gasteiger charge is 2.13. The van der Waals surface area contributed by atoms with Crippen LogP contribution in [0.1, 0.15) is 5.56 Å². The highest BCUT2D eigenvalue weighted by molar-refractivity contribution is 5.43. The second-order valence-electron chi connectivity index (χ2n) is 4.20. The average Bonchev–Trinajstić information content (AvgIpc) is 2.49. The second kappa shape index (κ2) is 5.14. The molecule has 3 aromatic rings. The number of pyridine rings is 1. The van der Waals surface area contributed by atoms with Crippen LogP contribution in [0.5, 0.6) is 11.6 Å². The molecular weight excluding hydrogens is 256 g/mol. The SMILES string of the molecule is O=c1c(CO)c(Oc2ccccc2)nc2ccccn12. The first-order chi connectivity index (χ1) is 9.79. The van der Waals surface area contributed by atoms with Gasteiger partial charge in [0.15, 0.2) is 0 Å². The van der Waals surface area contributed by atoms with E-state index in [1.807, 2.05) is 18.2 Å². The number of para-hydroxylation sites is 1. The number of hydrogen-bond acceptors (Lipinski definition) is 4. The molecule has 3 rings (SSSR count). The highest BCUT2D eigenvalue weighted by atomic mass is 16.5. The molecule has 0 spiro atoms. The van der Waals surface area contributed by atoms with Crippen molar-refractivity contribution in [2.24, 2.45) is 0 Å². The van der Waals surface area contributed by atoms with Gasteiger partial charge in [0.1, 0.15) is 17.0 Å². The van der Waals surface area contributed by atoms with E-state index in [4.69, 9.17) is 4.74 Å². The quantitative estimate of drug-likeness (QED) is 0.789. The summed E-state index contributed by atoms with van der Waals surface area (Å²) in [6, 6.07) is 14.2. The zero-order chi connectivity index (χ0) is 13.9. The summed E-state index contributed by atoms with van der Waals surface area (Å²) in [5.74, 6) is 0.698. The lowest BCUT2D eigenvalue weighted by molar-refractivity contribution is 0.272. The summed E-state index contributed by atoms with van der Waals surface area (Å²) in [5.41, 5.74) is 0.280. The Morgan fingerprint density at radius 2 is 1.85 bits per heavy atom. The molecule has 0 aliphatic carbocycles. The van der Waals surface area contributed by atoms with Crippen molar-refractivity contribution < 1.29 is 9.84 Å². The minimum absolute atomic E-state index is 0.134. The minimum Gasteiger partial charge on any atom is -0.438 e. The maximum absolute atomic E-state index is 12.3. The van der Waals surface area contributed by atoms with Gasteiger partial charge in [-0.2, -0.15) is 4.98 Å². The fraction of sp³-hybridized carbons (Fsp3) is 0.0667. The van der Waals surface area contributed by atoms with Gasteiger partial charge in [-0.25, -0.2) is 0 Å². The highest BCUT2D eigenvalue weighted by Crippen LogP contribution is 2.21. The molecule has 0 fully saturated rings. The van der Waals surface area contributed by atoms with Crippen LogP contribution in [0.25, 0.3) is 5.65 Å². The monoisotopic (exact) mass is 268 g/mol. The first kappa shape index (κ1) is 12.4. The van der Waals surface area contributed by atoms with Crippen LogP contribution in [0.2, 0.25) is 0 Å². The summed E-state index contributed by atoms with van der Waals surface area (Å²) < 4.78 is 6.98. The number of rotatable bonds is 3. The number of aliphatic hydroxyl groups is 1. The molecule has 5 heteroatoms. The third-order valence-corrected chi connectivity index (χ3v) is 2.91. The van der Waals surface area contributed by atoms with E-state index in [-0.39, 0.29) is 17.0 Å². The molecule has 5 nitrogen and oxygen atoms in total. The molecule has 0 aliphatic heterocycles. The molecule has 0 atom stereocenters. The van der Waals surface area contributed by atoms with Crippen LogP contribution in [-0.2, 0) is 6.61 Å². The molecule has 0 saturated carbocycles. The molecule has 100 valence electrons. The largest absolute Gasteiger partial charge is 0.438 e. The van der Waals surface area contributed by atoms with Gasteiger partial charge in [-0.1, -0.05) is 24.3 Å². The van der Waals surface area contributed by atoms with Crippen molar-refractivity contribution in [3.63, 3.8) is 0 Å². The van der Waals surface area contributed by atoms with Gasteiger partial charge >= 0.3 is 0 Å². The van der Waals surface area contributed by atoms with Crippen molar-refractivity contribution >= 4 is 5.65 Å². The minimum atomic E-state index is -0.425. The van der Waals surface area contributed by atoms with Crippen LogP contribution in [0.4, 0.5) is 0 Å². The fourth-order valence-corrected chi connectivity index (χ4v) is 1.93. The normalized spacial score (nSPS) is 10.7. The predicted molar refractivity (Wildman–Crippen MR) is 73.9 cm³/mol. The molecule has 20 heavy (non-hydrogen) atoms. The number of nitrogens with zero attached hydrogens (tertiary/aromatic N) is 2. The average molecular weight is 268 g/mol. The first-order valence-electron chi connectivity index (χ1n) is 6.13. The zero-order valence-electron chi connectivity index (χ0n) is 10.6. The van der Waals surface area contributed by atoms with Gasteiger partial charge in [0.2, 0.25) is 5.88 Å². The number of aliphatic hydroxyl groups excluding tert-OH is 1. The van der Waals surface area contributed by atoms with Gasteiger partial charge in [0.05, 0.1) is 6.61 Å². The Bertz CT molecular complexity index is 797. The van der Waals surface area contributed by atoms with E-state index >= 15 is 0 Å². The van der Waals surface area contributed by atoms with Crippen molar-refractivity contribution in [1.29, 1.82) is 0 Å². The lowest BCUT2D eigenvalue weighted by Gasteiger charge is -2.10. The molecule has 0 radical (unpaired) electrons. The lowest BCUT2D eigenvalue weighted by Crippen LogP contribution is -2.20. The molecule has 0 saturated heterocycles. The van der Waals surface area contributed by atoms with Crippen molar-refractivity contribution in [1.82, 2.24) is 9.38 Å². The van der Waals surface area contributed by atoms with Gasteiger partial charge < -0.3 is 9.84 Å². The van der Waals surface area contributed by atoms with E-state index in [1.54, 1.807) is 36.5 Å². The van der Waals surface area contributed by atoms with Gasteiger partial charge in [-0.15, -0.1) is 0 Å². The van der Waals surface area contributed by atoms with Crippen LogP contribution in [0.3, 0.4) is 0 Å². The standard InChI is InChI=1S/C15H12N2O3/c18-10-12-14(20-11-6-2-1-3-7-11)16-13-8-4-5-9-17(13)15(12)19/h1-9,18H,10H2. The molecule has 0 aliphatic rings. The number of fused-ring (bicyclic) bond motifs is 1. The van der Waals surface area contributed by atoms with Crippen LogP contribution in [0, 0.1) is 0 Å². The number of hydrogen-bond donors (Lipinski definition) is 1. The van der Waals surface area contributed by atoms with E-state index < -0.39 is 6.61 Å². The topological polar surface area (TPSA) is 63.8 Å². The van der Waals surface area contributed by atoms with Gasteiger partial charge in [-0.05, 0) is 24.3 Å². The summed E-state index contributed by atoms with van der Waals surface area (Å²) in [6.45, 7) is -0.425. The third kappa shape index (κ3) is 2.15. The van der Waals surface area contributed by atoms with Gasteiger partial charge in [0, 0.05) is 6.20 Å². The van der Waals surface area contributed by atoms with E-state index in [0.717, 1.165) is 0 Å². The van der Waals surface area contributed by atoms with Crippen LogP contribution in [-0.4, -0.2) is 14.5 Å². The Morgan fingerprint density at radius 3 is 2.60 bits per heavy atom. The Morgan fingerprint density at radius 1 is 1.10 bits per heavy atom. The molecular formula is C15H12N2O3. The summed E-state index contributed by atoms with van der Waals surface area (Å²) in [7, 11) is 0. The molecule has 0 unspecified atom stereocenters. The van der Waals surface area contributed by atoms with E-state index in [0.29, 0.717) is 11.4 Å². The van der Waals surface area contributed by atoms with Crippen molar-refractivity contribution in [2.75, 3.05) is 0 Å². The Balaban J connectivity index is 2.17. The second-order valence-corrected chi connectivity index (χ2v) is 4.20. The maximum atomic E-state index is 12.3. The summed E-state index contributed by atoms with van der Waals surface area (Å²) in [6.07, 6.45) is 1.61. The lowest BCUT2D eigenvalue weighted by atomic mass is 10.3. The van der Waals surface area contributed by atoms with Crippen LogP contribution in [0.15, 0.2) is 59.5 Å². The van der Waals surface area contributed by atoms with Crippen molar-refractivity contribution in [3.05, 3.63) is 70.6 Å². The smallest absolute Gasteiger partial charge is 0.267 e. The number of ether oxygens (including phenoxy) is 1.